The lowest BCUT2D eigenvalue weighted by Gasteiger charge is -1.97. The minimum atomic E-state index is 0.328. The quantitative estimate of drug-likeness (QED) is 0.531. The maximum atomic E-state index is 8.57. The molecule has 0 heterocycles. The lowest BCUT2D eigenvalue weighted by Crippen LogP contribution is -1.80. The maximum absolute atomic E-state index is 8.57. The van der Waals surface area contributed by atoms with Crippen LogP contribution in [0, 0.1) is 14.9 Å². The summed E-state index contributed by atoms with van der Waals surface area (Å²) in [4.78, 5) is 0. The summed E-state index contributed by atoms with van der Waals surface area (Å²) in [7, 11) is 0. The van der Waals surface area contributed by atoms with Gasteiger partial charge in [0.05, 0.1) is 15.6 Å². The van der Waals surface area contributed by atoms with Gasteiger partial charge < -0.3 is 0 Å². The molecule has 56 valence electrons. The molecule has 0 fully saturated rings. The van der Waals surface area contributed by atoms with Gasteiger partial charge in [0.1, 0.15) is 6.07 Å². The summed E-state index contributed by atoms with van der Waals surface area (Å²) in [5.74, 6) is 0. The third kappa shape index (κ3) is 1.98. The summed E-state index contributed by atoms with van der Waals surface area (Å²) >= 11 is 13.5. The van der Waals surface area contributed by atoms with Crippen LogP contribution in [0.25, 0.3) is 0 Å². The van der Waals surface area contributed by atoms with Crippen LogP contribution in [0.15, 0.2) is 12.1 Å². The Balaban J connectivity index is 3.39. The van der Waals surface area contributed by atoms with Crippen molar-refractivity contribution in [2.24, 2.45) is 0 Å². The molecule has 1 aromatic rings. The molecule has 0 aromatic heterocycles. The van der Waals surface area contributed by atoms with Crippen LogP contribution in [-0.4, -0.2) is 0 Å². The van der Waals surface area contributed by atoms with E-state index < -0.39 is 0 Å². The Hall–Kier alpha value is 0.0200. The van der Waals surface area contributed by atoms with E-state index in [2.05, 4.69) is 22.6 Å². The van der Waals surface area contributed by atoms with Crippen molar-refractivity contribution in [3.63, 3.8) is 0 Å². The second kappa shape index (κ2) is 3.61. The molecule has 11 heavy (non-hydrogen) atoms. The predicted octanol–water partition coefficient (Wildman–Crippen LogP) is 3.47. The van der Waals surface area contributed by atoms with Crippen molar-refractivity contribution in [1.82, 2.24) is 0 Å². The van der Waals surface area contributed by atoms with E-state index in [1.807, 2.05) is 6.07 Å². The van der Waals surface area contributed by atoms with Gasteiger partial charge in [-0.2, -0.15) is 5.26 Å². The monoisotopic (exact) mass is 297 g/mol. The number of benzene rings is 1. The molecule has 0 N–H and O–H groups in total. The average molecular weight is 298 g/mol. The summed E-state index contributed by atoms with van der Waals surface area (Å²) in [6.45, 7) is 0. The Morgan fingerprint density at radius 1 is 1.36 bits per heavy atom. The molecule has 0 spiro atoms. The van der Waals surface area contributed by atoms with Gasteiger partial charge in [0.25, 0.3) is 0 Å². The van der Waals surface area contributed by atoms with Crippen LogP contribution >= 0.6 is 45.8 Å². The highest BCUT2D eigenvalue weighted by molar-refractivity contribution is 14.1. The van der Waals surface area contributed by atoms with Crippen LogP contribution in [-0.2, 0) is 0 Å². The predicted molar refractivity (Wildman–Crippen MR) is 53.9 cm³/mol. The minimum Gasteiger partial charge on any atom is -0.192 e. The third-order valence-electron chi connectivity index (χ3n) is 1.11. The summed E-state index contributed by atoms with van der Waals surface area (Å²) in [6.07, 6.45) is 0. The van der Waals surface area contributed by atoms with Crippen molar-refractivity contribution in [1.29, 1.82) is 5.26 Å². The molecule has 0 bridgehead atoms. The fourth-order valence-corrected chi connectivity index (χ4v) is 1.81. The van der Waals surface area contributed by atoms with Gasteiger partial charge in [-0.05, 0) is 34.7 Å². The first-order valence-electron chi connectivity index (χ1n) is 2.70. The minimum absolute atomic E-state index is 0.328. The highest BCUT2D eigenvalue weighted by atomic mass is 127. The lowest BCUT2D eigenvalue weighted by molar-refractivity contribution is 1.47. The van der Waals surface area contributed by atoms with Gasteiger partial charge in [0, 0.05) is 3.57 Å². The van der Waals surface area contributed by atoms with Crippen LogP contribution < -0.4 is 0 Å². The molecule has 0 atom stereocenters. The van der Waals surface area contributed by atoms with E-state index in [-0.39, 0.29) is 0 Å². The van der Waals surface area contributed by atoms with Gasteiger partial charge in [-0.1, -0.05) is 23.2 Å². The summed E-state index contributed by atoms with van der Waals surface area (Å²) in [5, 5.41) is 9.33. The van der Waals surface area contributed by atoms with Gasteiger partial charge in [0.15, 0.2) is 0 Å². The van der Waals surface area contributed by atoms with E-state index in [0.717, 1.165) is 3.57 Å². The number of nitrogens with zero attached hydrogens (tertiary/aromatic N) is 1. The summed E-state index contributed by atoms with van der Waals surface area (Å²) in [5.41, 5.74) is 0.420. The number of rotatable bonds is 0. The third-order valence-corrected chi connectivity index (χ3v) is 2.54. The zero-order valence-electron chi connectivity index (χ0n) is 5.24. The first kappa shape index (κ1) is 9.11. The molecule has 0 saturated carbocycles. The van der Waals surface area contributed by atoms with Crippen LogP contribution in [0.4, 0.5) is 0 Å². The lowest BCUT2D eigenvalue weighted by atomic mass is 10.2. The second-order valence-corrected chi connectivity index (χ2v) is 3.89. The standard InChI is InChI=1S/C7H2Cl2IN/c8-6-2-5(10)1-4(3-11)7(6)9/h1-2H. The molecule has 0 amide bonds. The molecule has 1 aromatic carbocycles. The van der Waals surface area contributed by atoms with Gasteiger partial charge in [-0.3, -0.25) is 0 Å². The average Bonchev–Trinajstić information content (AvgIpc) is 1.96. The van der Waals surface area contributed by atoms with E-state index >= 15 is 0 Å². The molecule has 1 nitrogen and oxygen atoms in total. The summed E-state index contributed by atoms with van der Waals surface area (Å²) < 4.78 is 0.911. The molecule has 1 rings (SSSR count). The van der Waals surface area contributed by atoms with Crippen molar-refractivity contribution >= 4 is 45.8 Å². The van der Waals surface area contributed by atoms with Gasteiger partial charge in [0.2, 0.25) is 0 Å². The molecule has 0 aliphatic rings. The maximum Gasteiger partial charge on any atom is 0.101 e. The normalized spacial score (nSPS) is 9.27. The Morgan fingerprint density at radius 3 is 2.55 bits per heavy atom. The van der Waals surface area contributed by atoms with E-state index in [0.29, 0.717) is 15.6 Å². The Bertz CT molecular complexity index is 330. The van der Waals surface area contributed by atoms with Crippen molar-refractivity contribution in [2.75, 3.05) is 0 Å². The second-order valence-electron chi connectivity index (χ2n) is 1.86. The van der Waals surface area contributed by atoms with E-state index in [1.54, 1.807) is 12.1 Å². The Labute approximate surface area is 88.1 Å². The molecule has 4 heteroatoms. The molecular formula is C7H2Cl2IN. The number of hydrogen-bond donors (Lipinski definition) is 0. The van der Waals surface area contributed by atoms with Crippen molar-refractivity contribution in [3.05, 3.63) is 31.3 Å². The zero-order chi connectivity index (χ0) is 8.43. The fourth-order valence-electron chi connectivity index (χ4n) is 0.637. The molecule has 0 aliphatic carbocycles. The van der Waals surface area contributed by atoms with Crippen molar-refractivity contribution in [3.8, 4) is 6.07 Å². The van der Waals surface area contributed by atoms with E-state index in [9.17, 15) is 0 Å². The SMILES string of the molecule is N#Cc1cc(I)cc(Cl)c1Cl. The first-order valence-corrected chi connectivity index (χ1v) is 4.53. The fraction of sp³-hybridized carbons (Fsp3) is 0. The first-order chi connectivity index (χ1) is 5.15. The van der Waals surface area contributed by atoms with E-state index in [4.69, 9.17) is 28.5 Å². The Morgan fingerprint density at radius 2 is 2.00 bits per heavy atom. The highest BCUT2D eigenvalue weighted by Crippen LogP contribution is 2.27. The van der Waals surface area contributed by atoms with Crippen LogP contribution in [0.1, 0.15) is 5.56 Å². The number of halogens is 3. The van der Waals surface area contributed by atoms with E-state index in [1.165, 1.54) is 0 Å². The van der Waals surface area contributed by atoms with Gasteiger partial charge in [-0.15, -0.1) is 0 Å². The highest BCUT2D eigenvalue weighted by Gasteiger charge is 2.04. The Kier molecular flexibility index (Phi) is 2.99. The zero-order valence-corrected chi connectivity index (χ0v) is 8.91. The molecule has 0 radical (unpaired) electrons. The van der Waals surface area contributed by atoms with Crippen molar-refractivity contribution in [2.45, 2.75) is 0 Å². The van der Waals surface area contributed by atoms with Gasteiger partial charge in [-0.25, -0.2) is 0 Å². The number of hydrogen-bond acceptors (Lipinski definition) is 1. The molecule has 0 aliphatic heterocycles. The van der Waals surface area contributed by atoms with Gasteiger partial charge >= 0.3 is 0 Å². The van der Waals surface area contributed by atoms with Crippen LogP contribution in [0.2, 0.25) is 10.0 Å². The van der Waals surface area contributed by atoms with Crippen LogP contribution in [0.3, 0.4) is 0 Å². The number of nitriles is 1. The van der Waals surface area contributed by atoms with Crippen molar-refractivity contribution < 1.29 is 0 Å². The smallest absolute Gasteiger partial charge is 0.101 e. The van der Waals surface area contributed by atoms with Crippen LogP contribution in [0.5, 0.6) is 0 Å². The molecular weight excluding hydrogens is 296 g/mol. The molecule has 0 unspecified atom stereocenters. The molecule has 0 saturated heterocycles. The topological polar surface area (TPSA) is 23.8 Å². The largest absolute Gasteiger partial charge is 0.192 e. The summed E-state index contributed by atoms with van der Waals surface area (Å²) in [6, 6.07) is 5.36.